The van der Waals surface area contributed by atoms with E-state index in [0.717, 1.165) is 0 Å². The van der Waals surface area contributed by atoms with E-state index in [1.165, 1.54) is 10.6 Å². The van der Waals surface area contributed by atoms with Crippen LogP contribution in [-0.2, 0) is 11.3 Å². The molecule has 0 saturated carbocycles. The minimum Gasteiger partial charge on any atom is -0.477 e. The van der Waals surface area contributed by atoms with Crippen molar-refractivity contribution in [2.45, 2.75) is 6.54 Å². The minimum absolute atomic E-state index is 0.0671. The Kier molecular flexibility index (Phi) is 4.46. The quantitative estimate of drug-likeness (QED) is 0.882. The molecule has 104 valence electrons. The van der Waals surface area contributed by atoms with Crippen molar-refractivity contribution in [1.29, 1.82) is 0 Å². The number of rotatable bonds is 4. The highest BCUT2D eigenvalue weighted by Crippen LogP contribution is 2.25. The molecule has 2 N–H and O–H groups in total. The number of carboxylic acid groups (broad SMARTS) is 1. The van der Waals surface area contributed by atoms with Gasteiger partial charge in [-0.1, -0.05) is 11.6 Å². The number of carboxylic acids is 1. The molecule has 1 aromatic heterocycles. The molecule has 0 unspecified atom stereocenters. The van der Waals surface area contributed by atoms with Crippen LogP contribution in [0.5, 0.6) is 0 Å². The average Bonchev–Trinajstić information content (AvgIpc) is 2.82. The maximum absolute atomic E-state index is 11.9. The van der Waals surface area contributed by atoms with E-state index in [1.54, 1.807) is 30.5 Å². The number of anilines is 1. The van der Waals surface area contributed by atoms with Gasteiger partial charge in [-0.15, -0.1) is 0 Å². The van der Waals surface area contributed by atoms with Gasteiger partial charge in [0.25, 0.3) is 0 Å². The lowest BCUT2D eigenvalue weighted by Gasteiger charge is -2.08. The van der Waals surface area contributed by atoms with E-state index in [0.29, 0.717) is 15.2 Å². The molecule has 2 aromatic rings. The predicted octanol–water partition coefficient (Wildman–Crippen LogP) is 3.24. The molecule has 0 saturated heterocycles. The smallest absolute Gasteiger partial charge is 0.352 e. The summed E-state index contributed by atoms with van der Waals surface area (Å²) < 4.78 is 2.03. The summed E-state index contributed by atoms with van der Waals surface area (Å²) in [6, 6.07) is 8.01. The lowest BCUT2D eigenvalue weighted by atomic mass is 10.3. The third-order valence-electron chi connectivity index (χ3n) is 2.57. The van der Waals surface area contributed by atoms with Crippen molar-refractivity contribution in [3.8, 4) is 0 Å². The van der Waals surface area contributed by atoms with Crippen LogP contribution < -0.4 is 5.32 Å². The summed E-state index contributed by atoms with van der Waals surface area (Å²) in [4.78, 5) is 22.8. The number of hydrogen-bond donors (Lipinski definition) is 2. The maximum atomic E-state index is 11.9. The standard InChI is InChI=1S/C13H10BrClN2O3/c14-9-6-8(3-4-10(9)15)16-12(18)7-17-5-1-2-11(17)13(19)20/h1-6H,7H2,(H,16,18)(H,19,20). The van der Waals surface area contributed by atoms with Crippen molar-refractivity contribution in [2.24, 2.45) is 0 Å². The van der Waals surface area contributed by atoms with Crippen molar-refractivity contribution in [2.75, 3.05) is 5.32 Å². The van der Waals surface area contributed by atoms with Crippen LogP contribution in [0.15, 0.2) is 41.0 Å². The first-order valence-corrected chi connectivity index (χ1v) is 6.78. The van der Waals surface area contributed by atoms with Gasteiger partial charge in [0.15, 0.2) is 0 Å². The van der Waals surface area contributed by atoms with Gasteiger partial charge >= 0.3 is 5.97 Å². The molecule has 1 aromatic carbocycles. The molecule has 0 aliphatic carbocycles. The van der Waals surface area contributed by atoms with Gasteiger partial charge in [-0.25, -0.2) is 4.79 Å². The fraction of sp³-hybridized carbons (Fsp3) is 0.0769. The SMILES string of the molecule is O=C(Cn1cccc1C(=O)O)Nc1ccc(Cl)c(Br)c1. The number of halogens is 2. The zero-order valence-corrected chi connectivity index (χ0v) is 12.5. The fourth-order valence-electron chi connectivity index (χ4n) is 1.68. The molecule has 5 nitrogen and oxygen atoms in total. The average molecular weight is 358 g/mol. The van der Waals surface area contributed by atoms with Crippen LogP contribution in [-0.4, -0.2) is 21.6 Å². The molecule has 2 rings (SSSR count). The largest absolute Gasteiger partial charge is 0.477 e. The van der Waals surface area contributed by atoms with Crippen LogP contribution >= 0.6 is 27.5 Å². The van der Waals surface area contributed by atoms with E-state index in [9.17, 15) is 9.59 Å². The van der Waals surface area contributed by atoms with Crippen LogP contribution in [0.3, 0.4) is 0 Å². The van der Waals surface area contributed by atoms with E-state index in [-0.39, 0.29) is 18.1 Å². The normalized spacial score (nSPS) is 10.3. The Bertz CT molecular complexity index is 669. The van der Waals surface area contributed by atoms with Gasteiger partial charge in [0.1, 0.15) is 12.2 Å². The Morgan fingerprint density at radius 1 is 1.35 bits per heavy atom. The third-order valence-corrected chi connectivity index (χ3v) is 3.78. The number of benzene rings is 1. The van der Waals surface area contributed by atoms with Gasteiger partial charge in [0, 0.05) is 16.4 Å². The van der Waals surface area contributed by atoms with Crippen LogP contribution in [0.4, 0.5) is 5.69 Å². The van der Waals surface area contributed by atoms with Crippen LogP contribution in [0.2, 0.25) is 5.02 Å². The maximum Gasteiger partial charge on any atom is 0.352 e. The highest BCUT2D eigenvalue weighted by Gasteiger charge is 2.12. The molecule has 20 heavy (non-hydrogen) atoms. The highest BCUT2D eigenvalue weighted by atomic mass is 79.9. The predicted molar refractivity (Wildman–Crippen MR) is 79.2 cm³/mol. The Labute approximate surface area is 128 Å². The van der Waals surface area contributed by atoms with Crippen LogP contribution in [0, 0.1) is 0 Å². The Morgan fingerprint density at radius 3 is 2.75 bits per heavy atom. The van der Waals surface area contributed by atoms with E-state index in [1.807, 2.05) is 0 Å². The number of amides is 1. The first-order chi connectivity index (χ1) is 9.47. The van der Waals surface area contributed by atoms with E-state index < -0.39 is 5.97 Å². The van der Waals surface area contributed by atoms with Crippen molar-refractivity contribution < 1.29 is 14.7 Å². The lowest BCUT2D eigenvalue weighted by molar-refractivity contribution is -0.116. The van der Waals surface area contributed by atoms with Crippen molar-refractivity contribution in [3.63, 3.8) is 0 Å². The molecule has 0 spiro atoms. The van der Waals surface area contributed by atoms with Crippen molar-refractivity contribution >= 4 is 45.1 Å². The van der Waals surface area contributed by atoms with E-state index >= 15 is 0 Å². The number of carbonyl (C=O) groups excluding carboxylic acids is 1. The summed E-state index contributed by atoms with van der Waals surface area (Å²) in [7, 11) is 0. The highest BCUT2D eigenvalue weighted by molar-refractivity contribution is 9.10. The van der Waals surface area contributed by atoms with Gasteiger partial charge < -0.3 is 15.0 Å². The van der Waals surface area contributed by atoms with E-state index in [4.69, 9.17) is 16.7 Å². The number of nitrogens with one attached hydrogen (secondary N) is 1. The number of hydrogen-bond acceptors (Lipinski definition) is 2. The van der Waals surface area contributed by atoms with Gasteiger partial charge in [-0.3, -0.25) is 4.79 Å². The molecule has 7 heteroatoms. The van der Waals surface area contributed by atoms with E-state index in [2.05, 4.69) is 21.2 Å². The molecular formula is C13H10BrClN2O3. The van der Waals surface area contributed by atoms with Gasteiger partial charge in [0.05, 0.1) is 5.02 Å². The van der Waals surface area contributed by atoms with Crippen LogP contribution in [0.25, 0.3) is 0 Å². The molecule has 0 bridgehead atoms. The summed E-state index contributed by atoms with van der Waals surface area (Å²) in [5.74, 6) is -1.39. The molecule has 1 amide bonds. The summed E-state index contributed by atoms with van der Waals surface area (Å²) in [5, 5.41) is 12.2. The molecule has 0 atom stereocenters. The first kappa shape index (κ1) is 14.6. The Morgan fingerprint density at radius 2 is 2.10 bits per heavy atom. The number of aromatic carboxylic acids is 1. The van der Waals surface area contributed by atoms with Crippen molar-refractivity contribution in [3.05, 3.63) is 51.7 Å². The zero-order chi connectivity index (χ0) is 14.7. The van der Waals surface area contributed by atoms with Gasteiger partial charge in [-0.2, -0.15) is 0 Å². The van der Waals surface area contributed by atoms with Crippen LogP contribution in [0.1, 0.15) is 10.5 Å². The van der Waals surface area contributed by atoms with Crippen molar-refractivity contribution in [1.82, 2.24) is 4.57 Å². The second kappa shape index (κ2) is 6.11. The molecule has 0 aliphatic heterocycles. The summed E-state index contributed by atoms with van der Waals surface area (Å²) >= 11 is 9.12. The minimum atomic E-state index is -1.07. The fourth-order valence-corrected chi connectivity index (χ4v) is 2.17. The Balaban J connectivity index is 2.07. The number of nitrogens with zero attached hydrogens (tertiary/aromatic N) is 1. The number of carbonyl (C=O) groups is 2. The molecule has 0 radical (unpaired) electrons. The zero-order valence-electron chi connectivity index (χ0n) is 10.1. The second-order valence-corrected chi connectivity index (χ2v) is 5.27. The monoisotopic (exact) mass is 356 g/mol. The Hall–Kier alpha value is -1.79. The summed E-state index contributed by atoms with van der Waals surface area (Å²) in [6.07, 6.45) is 1.54. The topological polar surface area (TPSA) is 71.3 Å². The summed E-state index contributed by atoms with van der Waals surface area (Å²) in [5.41, 5.74) is 0.646. The van der Waals surface area contributed by atoms with Gasteiger partial charge in [-0.05, 0) is 46.3 Å². The number of aromatic nitrogens is 1. The molecule has 0 fully saturated rings. The first-order valence-electron chi connectivity index (χ1n) is 5.60. The second-order valence-electron chi connectivity index (χ2n) is 4.00. The lowest BCUT2D eigenvalue weighted by Crippen LogP contribution is -2.20. The third kappa shape index (κ3) is 3.40. The molecular weight excluding hydrogens is 348 g/mol. The molecule has 1 heterocycles. The summed E-state index contributed by atoms with van der Waals surface area (Å²) in [6.45, 7) is -0.0745. The molecule has 0 aliphatic rings. The van der Waals surface area contributed by atoms with Gasteiger partial charge in [0.2, 0.25) is 5.91 Å².